The van der Waals surface area contributed by atoms with Crippen molar-refractivity contribution in [3.63, 3.8) is 0 Å². The third-order valence-electron chi connectivity index (χ3n) is 5.82. The van der Waals surface area contributed by atoms with E-state index < -0.39 is 18.3 Å². The van der Waals surface area contributed by atoms with Gasteiger partial charge in [0.25, 0.3) is 0 Å². The number of hydrogen-bond acceptors (Lipinski definition) is 5. The third kappa shape index (κ3) is 5.52. The fraction of sp³-hybridized carbons (Fsp3) is 0.304. The van der Waals surface area contributed by atoms with Gasteiger partial charge in [-0.3, -0.25) is 4.79 Å². The maximum Gasteiger partial charge on any atom is 0.234 e. The van der Waals surface area contributed by atoms with Crippen molar-refractivity contribution < 1.29 is 13.2 Å². The number of thiophene rings is 1. The molecule has 0 saturated heterocycles. The van der Waals surface area contributed by atoms with E-state index in [9.17, 15) is 13.2 Å². The summed E-state index contributed by atoms with van der Waals surface area (Å²) in [4.78, 5) is 13.3. The minimum absolute atomic E-state index is 0.0438. The number of hydrogen-bond donors (Lipinski definition) is 2. The van der Waals surface area contributed by atoms with Crippen molar-refractivity contribution in [1.29, 1.82) is 0 Å². The van der Waals surface area contributed by atoms with Crippen LogP contribution in [0.1, 0.15) is 37.6 Å². The number of fused-ring (bicyclic) bond motifs is 1. The Hall–Kier alpha value is -1.91. The summed E-state index contributed by atoms with van der Waals surface area (Å²) in [5, 5.41) is 5.73. The number of anilines is 1. The highest BCUT2D eigenvalue weighted by Crippen LogP contribution is 2.35. The highest BCUT2D eigenvalue weighted by molar-refractivity contribution is 7.91. The van der Waals surface area contributed by atoms with Gasteiger partial charge in [0.05, 0.1) is 16.3 Å². The second-order valence-corrected chi connectivity index (χ2v) is 17.7. The Balaban J connectivity index is 1.66. The first-order valence-corrected chi connectivity index (χ1v) is 16.0. The molecule has 2 aromatic carbocycles. The smallest absolute Gasteiger partial charge is 0.234 e. The molecule has 0 unspecified atom stereocenters. The molecule has 0 aliphatic carbocycles. The third-order valence-corrected chi connectivity index (χ3v) is 14.8. The molecule has 0 saturated carbocycles. The number of benzene rings is 2. The summed E-state index contributed by atoms with van der Waals surface area (Å²) < 4.78 is 29.7. The van der Waals surface area contributed by atoms with E-state index in [1.54, 1.807) is 24.3 Å². The topological polar surface area (TPSA) is 75.3 Å². The molecule has 0 radical (unpaired) electrons. The molecule has 0 spiro atoms. The predicted octanol–water partition coefficient (Wildman–Crippen LogP) is 6.20. The molecular formula is C23H28N2O3S3Si. The number of sulfonamides is 1. The normalized spacial score (nSPS) is 12.7. The molecule has 0 bridgehead atoms. The highest BCUT2D eigenvalue weighted by Gasteiger charge is 2.39. The second kappa shape index (κ2) is 9.15. The van der Waals surface area contributed by atoms with Crippen LogP contribution in [0.4, 0.5) is 5.69 Å². The predicted molar refractivity (Wildman–Crippen MR) is 141 cm³/mol. The van der Waals surface area contributed by atoms with Gasteiger partial charge in [0, 0.05) is 26.7 Å². The lowest BCUT2D eigenvalue weighted by Gasteiger charge is -2.36. The number of carbonyl (C=O) groups excluding carboxylic acids is 1. The SMILES string of the molecule is CC(C)(C)[Si](C)(C)NS(=O)(=O)c1ccc(NC(=S)CC(=O)c2csc3ccccc23)cc1. The molecule has 2 N–H and O–H groups in total. The molecule has 1 heterocycles. The number of rotatable bonds is 7. The average Bonchev–Trinajstić information content (AvgIpc) is 3.11. The summed E-state index contributed by atoms with van der Waals surface area (Å²) >= 11 is 6.91. The van der Waals surface area contributed by atoms with Gasteiger partial charge in [-0.15, -0.1) is 11.3 Å². The van der Waals surface area contributed by atoms with Gasteiger partial charge in [-0.1, -0.05) is 64.3 Å². The van der Waals surface area contributed by atoms with Crippen LogP contribution in [0.25, 0.3) is 10.1 Å². The van der Waals surface area contributed by atoms with Crippen molar-refractivity contribution in [2.45, 2.75) is 50.2 Å². The van der Waals surface area contributed by atoms with E-state index in [1.165, 1.54) is 11.3 Å². The van der Waals surface area contributed by atoms with Gasteiger partial charge in [-0.2, -0.15) is 0 Å². The van der Waals surface area contributed by atoms with Crippen LogP contribution in [-0.2, 0) is 10.0 Å². The number of ketones is 1. The quantitative estimate of drug-likeness (QED) is 0.228. The molecule has 9 heteroatoms. The van der Waals surface area contributed by atoms with E-state index >= 15 is 0 Å². The molecule has 1 aromatic heterocycles. The van der Waals surface area contributed by atoms with E-state index in [0.29, 0.717) is 16.2 Å². The Bertz CT molecular complexity index is 1260. The lowest BCUT2D eigenvalue weighted by Crippen LogP contribution is -2.54. The van der Waals surface area contributed by atoms with Crippen LogP contribution < -0.4 is 9.70 Å². The van der Waals surface area contributed by atoms with Gasteiger partial charge in [0.1, 0.15) is 8.24 Å². The van der Waals surface area contributed by atoms with Crippen LogP contribution in [0.5, 0.6) is 0 Å². The van der Waals surface area contributed by atoms with Crippen molar-refractivity contribution in [1.82, 2.24) is 4.39 Å². The summed E-state index contributed by atoms with van der Waals surface area (Å²) in [6.07, 6.45) is 0.0863. The average molecular weight is 505 g/mol. The van der Waals surface area contributed by atoms with Crippen LogP contribution in [0, 0.1) is 0 Å². The van der Waals surface area contributed by atoms with Gasteiger partial charge in [0.15, 0.2) is 5.78 Å². The second-order valence-electron chi connectivity index (χ2n) is 9.30. The largest absolute Gasteiger partial charge is 0.350 e. The molecule has 0 amide bonds. The standard InChI is InChI=1S/C23H28N2O3S3Si/c1-23(2,3)32(4,5)25-31(27,28)17-12-10-16(11-13-17)24-22(29)14-20(26)19-15-30-21-9-7-6-8-18(19)21/h6-13,15,25H,14H2,1-5H3,(H,24,29). The van der Waals surface area contributed by atoms with E-state index in [0.717, 1.165) is 10.1 Å². The molecule has 3 aromatic rings. The first-order chi connectivity index (χ1) is 14.8. The first kappa shape index (κ1) is 24.7. The number of carbonyl (C=O) groups is 1. The van der Waals surface area contributed by atoms with Gasteiger partial charge in [-0.05, 0) is 35.4 Å². The van der Waals surface area contributed by atoms with Crippen molar-refractivity contribution in [3.8, 4) is 0 Å². The van der Waals surface area contributed by atoms with Crippen LogP contribution >= 0.6 is 23.6 Å². The number of nitrogens with one attached hydrogen (secondary N) is 2. The molecular weight excluding hydrogens is 477 g/mol. The minimum atomic E-state index is -3.62. The van der Waals surface area contributed by atoms with Crippen molar-refractivity contribution in [3.05, 3.63) is 59.5 Å². The molecule has 32 heavy (non-hydrogen) atoms. The minimum Gasteiger partial charge on any atom is -0.350 e. The fourth-order valence-electron chi connectivity index (χ4n) is 2.91. The van der Waals surface area contributed by atoms with Crippen LogP contribution in [0.2, 0.25) is 18.1 Å². The Labute approximate surface area is 200 Å². The van der Waals surface area contributed by atoms with Crippen LogP contribution in [0.15, 0.2) is 58.8 Å². The molecule has 3 rings (SSSR count). The molecule has 0 fully saturated rings. The van der Waals surface area contributed by atoms with E-state index in [-0.39, 0.29) is 22.1 Å². The maximum absolute atomic E-state index is 12.8. The molecule has 170 valence electrons. The van der Waals surface area contributed by atoms with Crippen molar-refractivity contribution in [2.24, 2.45) is 0 Å². The van der Waals surface area contributed by atoms with Crippen LogP contribution in [0.3, 0.4) is 0 Å². The monoisotopic (exact) mass is 504 g/mol. The van der Waals surface area contributed by atoms with Crippen molar-refractivity contribution in [2.75, 3.05) is 5.32 Å². The fourth-order valence-corrected chi connectivity index (χ4v) is 9.00. The summed E-state index contributed by atoms with van der Waals surface area (Å²) in [7, 11) is -5.86. The van der Waals surface area contributed by atoms with E-state index in [2.05, 4.69) is 30.5 Å². The van der Waals surface area contributed by atoms with Gasteiger partial charge in [0.2, 0.25) is 10.0 Å². The summed E-state index contributed by atoms with van der Waals surface area (Å²) in [5.74, 6) is -0.0438. The first-order valence-electron chi connectivity index (χ1n) is 10.2. The van der Waals surface area contributed by atoms with Gasteiger partial charge >= 0.3 is 0 Å². The molecule has 5 nitrogen and oxygen atoms in total. The molecule has 0 aliphatic rings. The molecule has 0 aliphatic heterocycles. The van der Waals surface area contributed by atoms with Crippen molar-refractivity contribution >= 4 is 68.4 Å². The van der Waals surface area contributed by atoms with E-state index in [4.69, 9.17) is 12.2 Å². The summed E-state index contributed by atoms with van der Waals surface area (Å²) in [5.41, 5.74) is 1.32. The zero-order valence-electron chi connectivity index (χ0n) is 18.9. The maximum atomic E-state index is 12.8. The lowest BCUT2D eigenvalue weighted by atomic mass is 10.1. The Morgan fingerprint density at radius 3 is 2.31 bits per heavy atom. The summed E-state index contributed by atoms with van der Waals surface area (Å²) in [6.45, 7) is 10.2. The Morgan fingerprint density at radius 2 is 1.69 bits per heavy atom. The summed E-state index contributed by atoms with van der Waals surface area (Å²) in [6, 6.07) is 14.2. The van der Waals surface area contributed by atoms with Gasteiger partial charge in [-0.25, -0.2) is 12.8 Å². The van der Waals surface area contributed by atoms with Crippen LogP contribution in [-0.4, -0.2) is 27.4 Å². The zero-order chi connectivity index (χ0) is 23.7. The Morgan fingerprint density at radius 1 is 1.06 bits per heavy atom. The van der Waals surface area contributed by atoms with Gasteiger partial charge < -0.3 is 5.32 Å². The zero-order valence-corrected chi connectivity index (χ0v) is 22.3. The van der Waals surface area contributed by atoms with E-state index in [1.807, 2.05) is 42.7 Å². The lowest BCUT2D eigenvalue weighted by molar-refractivity contribution is 0.100. The molecule has 0 atom stereocenters. The number of thiocarbonyl (C=S) groups is 1. The highest BCUT2D eigenvalue weighted by atomic mass is 32.2. The Kier molecular flexibility index (Phi) is 7.07. The number of Topliss-reactive ketones (excluding diaryl/α,β-unsaturated/α-hetero) is 1.